The number of methoxy groups -OCH3 is 2. The van der Waals surface area contributed by atoms with Gasteiger partial charge in [-0.25, -0.2) is 9.59 Å². The quantitative estimate of drug-likeness (QED) is 0.358. The molecule has 0 radical (unpaired) electrons. The predicted molar refractivity (Wildman–Crippen MR) is 68.0 cm³/mol. The summed E-state index contributed by atoms with van der Waals surface area (Å²) >= 11 is 0. The van der Waals surface area contributed by atoms with Gasteiger partial charge in [-0.1, -0.05) is 13.2 Å². The maximum Gasteiger partial charge on any atom is 0.330 e. The Morgan fingerprint density at radius 2 is 1.32 bits per heavy atom. The van der Waals surface area contributed by atoms with Crippen molar-refractivity contribution in [3.05, 3.63) is 37.8 Å². The molecule has 7 nitrogen and oxygen atoms in total. The third-order valence-corrected chi connectivity index (χ3v) is 1.01. The Kier molecular flexibility index (Phi) is 20.3. The van der Waals surface area contributed by atoms with E-state index in [4.69, 9.17) is 5.11 Å². The standard InChI is InChI=1S/C6H8O4.C4H6O2.C2H4O/c1-9-5(7)3-4-6(8)10-2;1-3-6-4(2)5;1-2-3/h3-4H,1-2H3;3H,1H2,2H3;2-3H,1H2. The summed E-state index contributed by atoms with van der Waals surface area (Å²) in [5.74, 6) is -1.49. The lowest BCUT2D eigenvalue weighted by Gasteiger charge is -1.89. The fourth-order valence-electron chi connectivity index (χ4n) is 0.390. The molecule has 0 aromatic carbocycles. The van der Waals surface area contributed by atoms with Crippen LogP contribution in [0.2, 0.25) is 0 Å². The van der Waals surface area contributed by atoms with Crippen molar-refractivity contribution in [2.45, 2.75) is 6.92 Å². The summed E-state index contributed by atoms with van der Waals surface area (Å²) in [4.78, 5) is 30.4. The Morgan fingerprint density at radius 3 is 1.42 bits per heavy atom. The van der Waals surface area contributed by atoms with Crippen molar-refractivity contribution < 1.29 is 33.7 Å². The van der Waals surface area contributed by atoms with E-state index in [1.807, 2.05) is 0 Å². The molecule has 0 rings (SSSR count). The first-order valence-corrected chi connectivity index (χ1v) is 4.76. The van der Waals surface area contributed by atoms with Crippen LogP contribution in [0.1, 0.15) is 6.92 Å². The van der Waals surface area contributed by atoms with E-state index in [2.05, 4.69) is 27.4 Å². The van der Waals surface area contributed by atoms with Crippen LogP contribution in [0.15, 0.2) is 37.8 Å². The third kappa shape index (κ3) is 31.3. The van der Waals surface area contributed by atoms with Gasteiger partial charge in [0.1, 0.15) is 0 Å². The molecule has 19 heavy (non-hydrogen) atoms. The molecule has 108 valence electrons. The number of rotatable bonds is 3. The van der Waals surface area contributed by atoms with Crippen molar-refractivity contribution in [2.75, 3.05) is 14.2 Å². The lowest BCUT2D eigenvalue weighted by molar-refractivity contribution is -0.137. The number of aliphatic hydroxyl groups is 1. The summed E-state index contributed by atoms with van der Waals surface area (Å²) < 4.78 is 12.6. The van der Waals surface area contributed by atoms with Crippen LogP contribution in [0, 0.1) is 0 Å². The topological polar surface area (TPSA) is 99.1 Å². The van der Waals surface area contributed by atoms with E-state index in [0.717, 1.165) is 24.7 Å². The van der Waals surface area contributed by atoms with Crippen LogP contribution < -0.4 is 0 Å². The van der Waals surface area contributed by atoms with Gasteiger partial charge in [0, 0.05) is 19.1 Å². The van der Waals surface area contributed by atoms with E-state index in [1.54, 1.807) is 0 Å². The number of ether oxygens (including phenoxy) is 3. The molecule has 0 heterocycles. The van der Waals surface area contributed by atoms with Crippen LogP contribution in [0.5, 0.6) is 0 Å². The summed E-state index contributed by atoms with van der Waals surface area (Å²) in [7, 11) is 2.45. The number of hydrogen-bond donors (Lipinski definition) is 1. The van der Waals surface area contributed by atoms with E-state index in [0.29, 0.717) is 0 Å². The van der Waals surface area contributed by atoms with E-state index < -0.39 is 11.9 Å². The van der Waals surface area contributed by atoms with Gasteiger partial charge in [-0.15, -0.1) is 0 Å². The summed E-state index contributed by atoms with van der Waals surface area (Å²) in [6.07, 6.45) is 3.83. The maximum absolute atomic E-state index is 10.3. The normalized spacial score (nSPS) is 7.74. The van der Waals surface area contributed by atoms with E-state index in [9.17, 15) is 14.4 Å². The molecule has 0 aromatic rings. The molecule has 0 aliphatic rings. The zero-order valence-electron chi connectivity index (χ0n) is 11.1. The van der Waals surface area contributed by atoms with Gasteiger partial charge in [0.2, 0.25) is 0 Å². The second-order valence-electron chi connectivity index (χ2n) is 2.34. The van der Waals surface area contributed by atoms with Crippen LogP contribution in [0.3, 0.4) is 0 Å². The Labute approximate surface area is 111 Å². The van der Waals surface area contributed by atoms with Crippen LogP contribution >= 0.6 is 0 Å². The number of hydrogen-bond acceptors (Lipinski definition) is 7. The highest BCUT2D eigenvalue weighted by Crippen LogP contribution is 1.80. The van der Waals surface area contributed by atoms with Crippen molar-refractivity contribution in [1.29, 1.82) is 0 Å². The fourth-order valence-corrected chi connectivity index (χ4v) is 0.390. The first kappa shape index (κ1) is 21.7. The van der Waals surface area contributed by atoms with Crippen molar-refractivity contribution >= 4 is 17.9 Å². The summed E-state index contributed by atoms with van der Waals surface area (Å²) in [5, 5.41) is 7.33. The van der Waals surface area contributed by atoms with Gasteiger partial charge >= 0.3 is 17.9 Å². The minimum Gasteiger partial charge on any atom is -0.516 e. The Bertz CT molecular complexity index is 300. The van der Waals surface area contributed by atoms with Crippen LogP contribution in [-0.4, -0.2) is 37.2 Å². The van der Waals surface area contributed by atoms with Gasteiger partial charge in [-0.05, 0) is 0 Å². The van der Waals surface area contributed by atoms with Gasteiger partial charge in [-0.2, -0.15) is 0 Å². The van der Waals surface area contributed by atoms with Gasteiger partial charge in [0.05, 0.1) is 26.7 Å². The highest BCUT2D eigenvalue weighted by molar-refractivity contribution is 5.91. The minimum absolute atomic E-state index is 0.329. The summed E-state index contributed by atoms with van der Waals surface area (Å²) in [5.41, 5.74) is 0. The smallest absolute Gasteiger partial charge is 0.330 e. The van der Waals surface area contributed by atoms with Crippen molar-refractivity contribution in [1.82, 2.24) is 0 Å². The number of carbonyl (C=O) groups is 3. The summed E-state index contributed by atoms with van der Waals surface area (Å²) in [6.45, 7) is 7.40. The molecule has 0 aromatic heterocycles. The maximum atomic E-state index is 10.3. The third-order valence-electron chi connectivity index (χ3n) is 1.01. The molecule has 0 saturated carbocycles. The van der Waals surface area contributed by atoms with E-state index >= 15 is 0 Å². The molecule has 0 fully saturated rings. The average molecular weight is 274 g/mol. The van der Waals surface area contributed by atoms with Gasteiger partial charge < -0.3 is 19.3 Å². The highest BCUT2D eigenvalue weighted by atomic mass is 16.5. The molecule has 0 unspecified atom stereocenters. The van der Waals surface area contributed by atoms with Crippen molar-refractivity contribution in [3.8, 4) is 0 Å². The first-order valence-electron chi connectivity index (χ1n) is 4.76. The molecule has 1 N–H and O–H groups in total. The molecule has 0 aliphatic heterocycles. The average Bonchev–Trinajstić information content (AvgIpc) is 2.36. The molecule has 0 amide bonds. The zero-order chi connectivity index (χ0) is 15.7. The number of esters is 3. The molecule has 0 bridgehead atoms. The SMILES string of the molecule is C=CO.C=COC(C)=O.COC(=O)C=CC(=O)OC. The molecule has 0 spiro atoms. The van der Waals surface area contributed by atoms with Gasteiger partial charge in [0.15, 0.2) is 0 Å². The molecule has 0 saturated heterocycles. The van der Waals surface area contributed by atoms with Gasteiger partial charge in [-0.3, -0.25) is 4.79 Å². The zero-order valence-corrected chi connectivity index (χ0v) is 11.1. The fraction of sp³-hybridized carbons (Fsp3) is 0.250. The molecular weight excluding hydrogens is 256 g/mol. The second-order valence-corrected chi connectivity index (χ2v) is 2.34. The molecule has 0 aliphatic carbocycles. The molecular formula is C12H18O7. The molecule has 0 atom stereocenters. The van der Waals surface area contributed by atoms with Crippen LogP contribution in [0.25, 0.3) is 0 Å². The minimum atomic E-state index is -0.578. The second kappa shape index (κ2) is 17.8. The highest BCUT2D eigenvalue weighted by Gasteiger charge is 1.94. The van der Waals surface area contributed by atoms with Crippen molar-refractivity contribution in [3.63, 3.8) is 0 Å². The van der Waals surface area contributed by atoms with Gasteiger partial charge in [0.25, 0.3) is 0 Å². The van der Waals surface area contributed by atoms with E-state index in [-0.39, 0.29) is 5.97 Å². The summed E-state index contributed by atoms with van der Waals surface area (Å²) in [6, 6.07) is 0. The Hall–Kier alpha value is -2.57. The molecule has 7 heteroatoms. The monoisotopic (exact) mass is 274 g/mol. The lowest BCUT2D eigenvalue weighted by atomic mass is 10.5. The van der Waals surface area contributed by atoms with Crippen LogP contribution in [-0.2, 0) is 28.6 Å². The van der Waals surface area contributed by atoms with E-state index in [1.165, 1.54) is 21.1 Å². The first-order chi connectivity index (χ1) is 8.89. The Balaban J connectivity index is -0.000000242. The lowest BCUT2D eigenvalue weighted by Crippen LogP contribution is -1.98. The van der Waals surface area contributed by atoms with Crippen molar-refractivity contribution in [2.24, 2.45) is 0 Å². The number of carbonyl (C=O) groups excluding carboxylic acids is 3. The Morgan fingerprint density at radius 1 is 1.00 bits per heavy atom. The number of aliphatic hydroxyl groups excluding tert-OH is 1. The largest absolute Gasteiger partial charge is 0.516 e. The van der Waals surface area contributed by atoms with Crippen LogP contribution in [0.4, 0.5) is 0 Å². The predicted octanol–water partition coefficient (Wildman–Crippen LogP) is 1.27.